The van der Waals surface area contributed by atoms with Crippen LogP contribution in [0.25, 0.3) is 0 Å². The molecule has 1 aromatic carbocycles. The average molecular weight is 306 g/mol. The summed E-state index contributed by atoms with van der Waals surface area (Å²) in [6.45, 7) is 0.722. The van der Waals surface area contributed by atoms with Crippen LogP contribution in [-0.4, -0.2) is 39.2 Å². The van der Waals surface area contributed by atoms with Crippen molar-refractivity contribution < 1.29 is 15.1 Å². The highest BCUT2D eigenvalue weighted by Crippen LogP contribution is 2.50. The number of aromatic hydroxyl groups is 1. The van der Waals surface area contributed by atoms with Gasteiger partial charge in [-0.1, -0.05) is 12.8 Å². The van der Waals surface area contributed by atoms with Crippen molar-refractivity contribution in [2.75, 3.05) is 13.6 Å². The molecule has 1 aromatic rings. The number of non-ortho nitro benzene ring substituents is 1. The first kappa shape index (κ1) is 15.2. The summed E-state index contributed by atoms with van der Waals surface area (Å²) in [5, 5.41) is 32.2. The van der Waals surface area contributed by atoms with Gasteiger partial charge in [-0.15, -0.1) is 0 Å². The summed E-state index contributed by atoms with van der Waals surface area (Å²) < 4.78 is 0. The average Bonchev–Trinajstić information content (AvgIpc) is 2.48. The van der Waals surface area contributed by atoms with Gasteiger partial charge in [-0.25, -0.2) is 0 Å². The van der Waals surface area contributed by atoms with Gasteiger partial charge in [0.25, 0.3) is 5.69 Å². The number of fused-ring (bicyclic) bond motifs is 1. The quantitative estimate of drug-likeness (QED) is 0.648. The molecule has 6 nitrogen and oxygen atoms in total. The van der Waals surface area contributed by atoms with Gasteiger partial charge in [-0.05, 0) is 32.4 Å². The molecule has 2 aliphatic rings. The van der Waals surface area contributed by atoms with Crippen LogP contribution in [0, 0.1) is 16.0 Å². The van der Waals surface area contributed by atoms with Crippen LogP contribution >= 0.6 is 0 Å². The molecule has 1 aliphatic carbocycles. The van der Waals surface area contributed by atoms with E-state index in [9.17, 15) is 20.3 Å². The molecule has 2 N–H and O–H groups in total. The molecular weight excluding hydrogens is 284 g/mol. The van der Waals surface area contributed by atoms with Gasteiger partial charge in [0.15, 0.2) is 0 Å². The number of likely N-dealkylation sites (tertiary alicyclic amines) is 1. The number of nitro groups is 1. The maximum Gasteiger partial charge on any atom is 0.270 e. The highest BCUT2D eigenvalue weighted by molar-refractivity contribution is 5.45. The Hall–Kier alpha value is -1.66. The summed E-state index contributed by atoms with van der Waals surface area (Å²) in [6, 6.07) is 3.97. The van der Waals surface area contributed by atoms with E-state index in [1.165, 1.54) is 18.2 Å². The molecule has 0 radical (unpaired) electrons. The molecule has 1 aliphatic heterocycles. The standard InChI is InChI=1S/C16H22N2O4/c1-17-9-8-16(20)7-3-2-4-13(16)15(17)12-10-11(18(21)22)5-6-14(12)19/h5-6,10,13,15,19-20H,2-4,7-9H2,1H3/t13-,15+,16+/m0/s1. The fraction of sp³-hybridized carbons (Fsp3) is 0.625. The fourth-order valence-corrected chi connectivity index (χ4v) is 4.17. The fourth-order valence-electron chi connectivity index (χ4n) is 4.17. The maximum absolute atomic E-state index is 11.0. The van der Waals surface area contributed by atoms with E-state index in [1.54, 1.807) is 0 Å². The summed E-state index contributed by atoms with van der Waals surface area (Å²) in [5.74, 6) is 0.0742. The van der Waals surface area contributed by atoms with E-state index in [2.05, 4.69) is 4.90 Å². The number of phenols is 1. The lowest BCUT2D eigenvalue weighted by atomic mass is 9.66. The Balaban J connectivity index is 2.04. The van der Waals surface area contributed by atoms with Gasteiger partial charge >= 0.3 is 0 Å². The second kappa shape index (κ2) is 5.52. The Morgan fingerprint density at radius 3 is 2.86 bits per heavy atom. The highest BCUT2D eigenvalue weighted by Gasteiger charge is 2.48. The Labute approximate surface area is 129 Å². The zero-order valence-corrected chi connectivity index (χ0v) is 12.7. The zero-order chi connectivity index (χ0) is 15.9. The van der Waals surface area contributed by atoms with Crippen molar-refractivity contribution in [2.45, 2.75) is 43.7 Å². The molecule has 1 saturated heterocycles. The van der Waals surface area contributed by atoms with Crippen molar-refractivity contribution in [1.82, 2.24) is 4.90 Å². The third kappa shape index (κ3) is 2.46. The van der Waals surface area contributed by atoms with Gasteiger partial charge in [0.1, 0.15) is 5.75 Å². The van der Waals surface area contributed by atoms with Crippen LogP contribution in [-0.2, 0) is 0 Å². The van der Waals surface area contributed by atoms with Gasteiger partial charge in [-0.3, -0.25) is 15.0 Å². The first-order valence-electron chi connectivity index (χ1n) is 7.82. The smallest absolute Gasteiger partial charge is 0.270 e. The number of hydrogen-bond acceptors (Lipinski definition) is 5. The number of phenolic OH excluding ortho intramolecular Hbond substituents is 1. The van der Waals surface area contributed by atoms with Crippen molar-refractivity contribution in [1.29, 1.82) is 0 Å². The molecule has 1 saturated carbocycles. The third-order valence-electron chi connectivity index (χ3n) is 5.36. The molecule has 3 atom stereocenters. The third-order valence-corrected chi connectivity index (χ3v) is 5.36. The predicted octanol–water partition coefficient (Wildman–Crippen LogP) is 2.60. The monoisotopic (exact) mass is 306 g/mol. The first-order chi connectivity index (χ1) is 10.4. The summed E-state index contributed by atoms with van der Waals surface area (Å²) in [7, 11) is 1.96. The van der Waals surface area contributed by atoms with Gasteiger partial charge in [0, 0.05) is 36.2 Å². The van der Waals surface area contributed by atoms with Crippen LogP contribution in [0.15, 0.2) is 18.2 Å². The molecular formula is C16H22N2O4. The van der Waals surface area contributed by atoms with Crippen LogP contribution in [0.1, 0.15) is 43.7 Å². The Kier molecular flexibility index (Phi) is 3.82. The molecule has 6 heteroatoms. The Morgan fingerprint density at radius 1 is 1.36 bits per heavy atom. The largest absolute Gasteiger partial charge is 0.508 e. The van der Waals surface area contributed by atoms with E-state index in [0.717, 1.165) is 38.6 Å². The van der Waals surface area contributed by atoms with Crippen LogP contribution in [0.3, 0.4) is 0 Å². The van der Waals surface area contributed by atoms with Crippen LogP contribution in [0.2, 0.25) is 0 Å². The molecule has 1 heterocycles. The van der Waals surface area contributed by atoms with Crippen molar-refractivity contribution >= 4 is 5.69 Å². The molecule has 0 unspecified atom stereocenters. The normalized spacial score (nSPS) is 32.5. The number of nitro benzene ring substituents is 1. The number of nitrogens with zero attached hydrogens (tertiary/aromatic N) is 2. The number of aliphatic hydroxyl groups is 1. The van der Waals surface area contributed by atoms with E-state index in [4.69, 9.17) is 0 Å². The van der Waals surface area contributed by atoms with Crippen LogP contribution in [0.5, 0.6) is 5.75 Å². The van der Waals surface area contributed by atoms with Gasteiger partial charge in [-0.2, -0.15) is 0 Å². The summed E-state index contributed by atoms with van der Waals surface area (Å²) >= 11 is 0. The maximum atomic E-state index is 11.0. The van der Waals surface area contributed by atoms with Crippen molar-refractivity contribution in [3.05, 3.63) is 33.9 Å². The molecule has 2 fully saturated rings. The SMILES string of the molecule is CN1CC[C@]2(O)CCCC[C@H]2[C@H]1c1cc([N+](=O)[O-])ccc1O. The molecule has 0 aromatic heterocycles. The summed E-state index contributed by atoms with van der Waals surface area (Å²) in [6.07, 6.45) is 4.45. The lowest BCUT2D eigenvalue weighted by molar-refractivity contribution is -0.385. The lowest BCUT2D eigenvalue weighted by Crippen LogP contribution is -2.53. The lowest BCUT2D eigenvalue weighted by Gasteiger charge is -2.51. The van der Waals surface area contributed by atoms with E-state index in [0.29, 0.717) is 5.56 Å². The molecule has 120 valence electrons. The molecule has 3 rings (SSSR count). The number of hydrogen-bond donors (Lipinski definition) is 2. The van der Waals surface area contributed by atoms with Gasteiger partial charge in [0.2, 0.25) is 0 Å². The zero-order valence-electron chi connectivity index (χ0n) is 12.7. The van der Waals surface area contributed by atoms with Gasteiger partial charge in [0.05, 0.1) is 10.5 Å². The topological polar surface area (TPSA) is 86.8 Å². The van der Waals surface area contributed by atoms with Crippen LogP contribution in [0.4, 0.5) is 5.69 Å². The highest BCUT2D eigenvalue weighted by atomic mass is 16.6. The van der Waals surface area contributed by atoms with Crippen molar-refractivity contribution in [2.24, 2.45) is 5.92 Å². The molecule has 22 heavy (non-hydrogen) atoms. The van der Waals surface area contributed by atoms with E-state index in [1.807, 2.05) is 7.05 Å². The van der Waals surface area contributed by atoms with Crippen molar-refractivity contribution in [3.63, 3.8) is 0 Å². The van der Waals surface area contributed by atoms with E-state index < -0.39 is 10.5 Å². The van der Waals surface area contributed by atoms with E-state index >= 15 is 0 Å². The summed E-state index contributed by atoms with van der Waals surface area (Å²) in [4.78, 5) is 12.7. The molecule has 0 bridgehead atoms. The number of rotatable bonds is 2. The Bertz CT molecular complexity index is 592. The van der Waals surface area contributed by atoms with Crippen LogP contribution < -0.4 is 0 Å². The number of piperidine rings is 1. The minimum Gasteiger partial charge on any atom is -0.508 e. The van der Waals surface area contributed by atoms with Crippen molar-refractivity contribution in [3.8, 4) is 5.75 Å². The second-order valence-corrected chi connectivity index (χ2v) is 6.63. The predicted molar refractivity (Wildman–Crippen MR) is 81.7 cm³/mol. The minimum atomic E-state index is -0.716. The Morgan fingerprint density at radius 2 is 2.14 bits per heavy atom. The molecule has 0 spiro atoms. The minimum absolute atomic E-state index is 0.00732. The van der Waals surface area contributed by atoms with Gasteiger partial charge < -0.3 is 10.2 Å². The number of benzene rings is 1. The molecule has 0 amide bonds. The second-order valence-electron chi connectivity index (χ2n) is 6.63. The summed E-state index contributed by atoms with van der Waals surface area (Å²) in [5.41, 5.74) is -0.181. The van der Waals surface area contributed by atoms with E-state index in [-0.39, 0.29) is 23.4 Å². The first-order valence-corrected chi connectivity index (χ1v) is 7.82.